The molecule has 6 heterocycles. The third kappa shape index (κ3) is 13.8. The first kappa shape index (κ1) is 52.7. The largest absolute Gasteiger partial charge is 2.00 e. The minimum Gasteiger partial charge on any atom is -0.741 e. The molecule has 29 heteroatoms. The van der Waals surface area contributed by atoms with E-state index < -0.39 is 31.3 Å². The number of amidine groups is 4. The topological polar surface area (TPSA) is 238 Å². The molecule has 16 nitrogen and oxygen atoms in total. The van der Waals surface area contributed by atoms with Crippen LogP contribution in [0.15, 0.2) is 171 Å². The summed E-state index contributed by atoms with van der Waals surface area (Å²) in [5.74, 6) is 3.00. The monoisotopic (exact) mass is 1100 g/mol. The van der Waals surface area contributed by atoms with E-state index in [1.807, 2.05) is 133 Å². The number of hydrogen-bond donors (Lipinski definition) is 4. The second-order valence-corrected chi connectivity index (χ2v) is 19.2. The predicted octanol–water partition coefficient (Wildman–Crippen LogP) is 9.78. The van der Waals surface area contributed by atoms with Crippen molar-refractivity contribution in [2.24, 2.45) is 17.6 Å². The van der Waals surface area contributed by atoms with Gasteiger partial charge in [0.05, 0.1) is 42.3 Å². The number of anilines is 4. The summed E-state index contributed by atoms with van der Waals surface area (Å²) >= 11 is 5.84. The van der Waals surface area contributed by atoms with E-state index in [1.165, 1.54) is 47.8 Å². The molecule has 69 heavy (non-hydrogen) atoms. The molecule has 4 aromatic carbocycles. The van der Waals surface area contributed by atoms with Crippen molar-refractivity contribution in [1.29, 1.82) is 0 Å². The number of nitrogens with zero attached hydrogens (tertiary/aromatic N) is 6. The molecule has 0 saturated heterocycles. The first-order valence-electron chi connectivity index (χ1n) is 18.7. The van der Waals surface area contributed by atoms with Crippen LogP contribution in [0.5, 0.6) is 0 Å². The van der Waals surface area contributed by atoms with Gasteiger partial charge < -0.3 is 30.4 Å². The average Bonchev–Trinajstić information content (AvgIpc) is 3.33. The molecule has 2 aromatic heterocycles. The number of nitrogens with one attached hydrogen (secondary N) is 4. The van der Waals surface area contributed by atoms with Crippen molar-refractivity contribution >= 4 is 114 Å². The van der Waals surface area contributed by atoms with E-state index in [0.717, 1.165) is 88.4 Å². The van der Waals surface area contributed by atoms with E-state index in [1.54, 1.807) is 0 Å². The first-order chi connectivity index (χ1) is 32.2. The normalized spacial score (nSPS) is 14.5. The van der Waals surface area contributed by atoms with Crippen LogP contribution in [0, 0.1) is 0 Å². The zero-order valence-corrected chi connectivity index (χ0v) is 40.0. The minimum absolute atomic E-state index is 0. The van der Waals surface area contributed by atoms with Crippen LogP contribution in [0.1, 0.15) is 22.8 Å². The van der Waals surface area contributed by atoms with Gasteiger partial charge in [-0.1, -0.05) is 60.7 Å². The molecule has 0 amide bonds. The third-order valence-electron chi connectivity index (χ3n) is 8.54. The number of rotatable bonds is 4. The number of benzene rings is 4. The summed E-state index contributed by atoms with van der Waals surface area (Å²) in [4.78, 5) is 13.9. The molecule has 0 atom stereocenters. The maximum atomic E-state index is 10.7. The standard InChI is InChI=1S/2C19H13N5S2.2CHF3O3S.Mn/c2*1-3-10-16-12(6-1)21-18(23-25-16)14-8-5-9-15(20-14)19-22-13-7-2-4-11-17(13)26-24-19;2*2-1(3,4)8(5,6)7;/h2*1-11H,(H,21,23)(H,22,24);2*(H,5,6,7);/q;;;;+2/p-2. The van der Waals surface area contributed by atoms with Gasteiger partial charge in [0.2, 0.25) is 0 Å². The third-order valence-corrected chi connectivity index (χ3v) is 13.0. The van der Waals surface area contributed by atoms with Crippen LogP contribution in [-0.2, 0) is 37.3 Å². The molecule has 0 saturated carbocycles. The maximum Gasteiger partial charge on any atom is 2.00 e. The summed E-state index contributed by atoms with van der Waals surface area (Å²) in [5, 5.41) is 13.4. The van der Waals surface area contributed by atoms with Crippen molar-refractivity contribution in [3.63, 3.8) is 0 Å². The zero-order valence-electron chi connectivity index (χ0n) is 33.9. The number of para-hydroxylation sites is 4. The van der Waals surface area contributed by atoms with Crippen LogP contribution in [0.4, 0.5) is 49.1 Å². The molecule has 0 aliphatic carbocycles. The Kier molecular flexibility index (Phi) is 17.1. The van der Waals surface area contributed by atoms with Crippen molar-refractivity contribution in [2.45, 2.75) is 30.6 Å². The van der Waals surface area contributed by atoms with Crippen molar-refractivity contribution in [1.82, 2.24) is 9.97 Å². The molecule has 4 N–H and O–H groups in total. The fraction of sp³-hybridized carbons (Fsp3) is 0.0500. The number of halogens is 6. The van der Waals surface area contributed by atoms with Gasteiger partial charge in [-0.05, 0) is 72.8 Å². The van der Waals surface area contributed by atoms with E-state index in [9.17, 15) is 26.3 Å². The molecule has 10 rings (SSSR count). The fourth-order valence-corrected chi connectivity index (χ4v) is 8.16. The van der Waals surface area contributed by atoms with Gasteiger partial charge >= 0.3 is 28.1 Å². The van der Waals surface area contributed by atoms with Crippen LogP contribution < -0.4 is 21.3 Å². The van der Waals surface area contributed by atoms with Gasteiger partial charge in [-0.3, -0.25) is 0 Å². The Balaban J connectivity index is 0.000000172. The van der Waals surface area contributed by atoms with Crippen LogP contribution in [-0.4, -0.2) is 70.3 Å². The van der Waals surface area contributed by atoms with Crippen molar-refractivity contribution < 1.29 is 69.4 Å². The number of pyridine rings is 2. The number of hydrogen-bond acceptors (Lipinski definition) is 20. The molecular weight excluding hydrogens is 1080 g/mol. The van der Waals surface area contributed by atoms with Crippen molar-refractivity contribution in [3.8, 4) is 0 Å². The predicted molar refractivity (Wildman–Crippen MR) is 250 cm³/mol. The van der Waals surface area contributed by atoms with Gasteiger partial charge in [-0.2, -0.15) is 43.9 Å². The second-order valence-electron chi connectivity index (χ2n) is 13.2. The summed E-state index contributed by atoms with van der Waals surface area (Å²) in [6.07, 6.45) is 0. The van der Waals surface area contributed by atoms with Crippen LogP contribution in [0.3, 0.4) is 0 Å². The summed E-state index contributed by atoms with van der Waals surface area (Å²) < 4.78 is 136. The Morgan fingerprint density at radius 2 is 0.580 bits per heavy atom. The van der Waals surface area contributed by atoms with Crippen LogP contribution in [0.25, 0.3) is 0 Å². The van der Waals surface area contributed by atoms with E-state index >= 15 is 0 Å². The molecule has 6 aromatic rings. The van der Waals surface area contributed by atoms with Gasteiger partial charge in [0.25, 0.3) is 0 Å². The molecule has 0 fully saturated rings. The quantitative estimate of drug-likeness (QED) is 0.0422. The van der Waals surface area contributed by atoms with Crippen LogP contribution >= 0.6 is 47.8 Å². The van der Waals surface area contributed by atoms with Gasteiger partial charge in [0.15, 0.2) is 43.6 Å². The van der Waals surface area contributed by atoms with Gasteiger partial charge in [-0.25, -0.2) is 26.8 Å². The molecular formula is C40H26F6MnN10O6S6. The maximum absolute atomic E-state index is 10.7. The van der Waals surface area contributed by atoms with Crippen LogP contribution in [0.2, 0.25) is 0 Å². The molecule has 0 spiro atoms. The first-order valence-corrected chi connectivity index (χ1v) is 24.6. The SMILES string of the molecule is O=S(=O)([O-])C(F)(F)F.O=S(=O)([O-])C(F)(F)F.[Mn+2].c1cc(C2=NSc3ccccc3N2)nc(C2=NSc3ccccc3N2)c1.c1cc(C2=NSc3ccccc3N2)nc(C2=NSc3ccccc3N2)c1. The number of aromatic nitrogens is 2. The summed E-state index contributed by atoms with van der Waals surface area (Å²) in [6.45, 7) is 0. The van der Waals surface area contributed by atoms with Crippen molar-refractivity contribution in [3.05, 3.63) is 156 Å². The fourth-order valence-electron chi connectivity index (χ4n) is 5.42. The molecule has 0 bridgehead atoms. The van der Waals surface area contributed by atoms with Gasteiger partial charge in [0, 0.05) is 47.8 Å². The summed E-state index contributed by atoms with van der Waals surface area (Å²) in [7, 11) is -12.2. The molecule has 357 valence electrons. The Morgan fingerprint density at radius 3 is 0.783 bits per heavy atom. The van der Waals surface area contributed by atoms with Crippen molar-refractivity contribution in [2.75, 3.05) is 21.3 Å². The molecule has 1 radical (unpaired) electrons. The smallest absolute Gasteiger partial charge is 0.741 e. The number of alkyl halides is 6. The van der Waals surface area contributed by atoms with E-state index in [0.29, 0.717) is 0 Å². The molecule has 4 aliphatic rings. The Hall–Kier alpha value is -5.62. The van der Waals surface area contributed by atoms with E-state index in [4.69, 9.17) is 35.9 Å². The Morgan fingerprint density at radius 1 is 0.377 bits per heavy atom. The molecule has 0 unspecified atom stereocenters. The summed E-state index contributed by atoms with van der Waals surface area (Å²) in [6, 6.07) is 44.2. The minimum atomic E-state index is -6.09. The molecule has 4 aliphatic heterocycles. The van der Waals surface area contributed by atoms with Gasteiger partial charge in [0.1, 0.15) is 22.8 Å². The Bertz CT molecular complexity index is 2850. The van der Waals surface area contributed by atoms with Gasteiger partial charge in [-0.15, -0.1) is 0 Å². The van der Waals surface area contributed by atoms with E-state index in [-0.39, 0.29) is 17.1 Å². The second kappa shape index (κ2) is 22.4. The summed E-state index contributed by atoms with van der Waals surface area (Å²) in [5.41, 5.74) is -3.94. The van der Waals surface area contributed by atoms with E-state index in [2.05, 4.69) is 38.9 Å². The number of fused-ring (bicyclic) bond motifs is 4. The Labute approximate surface area is 416 Å². The zero-order chi connectivity index (χ0) is 48.7. The average molecular weight is 1100 g/mol.